The third-order valence-corrected chi connectivity index (χ3v) is 3.51. The molecule has 0 atom stereocenters. The zero-order valence-corrected chi connectivity index (χ0v) is 13.1. The second-order valence-electron chi connectivity index (χ2n) is 5.14. The van der Waals surface area contributed by atoms with Gasteiger partial charge in [0, 0.05) is 24.4 Å². The van der Waals surface area contributed by atoms with Crippen molar-refractivity contribution in [3.8, 4) is 22.7 Å². The van der Waals surface area contributed by atoms with Crippen molar-refractivity contribution >= 4 is 0 Å². The standard InChI is InChI=1S/C18H20N4O/c1-2-23-17-7-5-16(6-8-17)22-18(12-15(21-22)9-10-19)14-4-3-11-20-13-14/h3-8,11-13H,2,9-10,19H2,1H3. The molecule has 0 radical (unpaired) electrons. The van der Waals surface area contributed by atoms with Crippen molar-refractivity contribution in [1.29, 1.82) is 0 Å². The molecule has 0 saturated heterocycles. The number of aromatic nitrogens is 3. The Balaban J connectivity index is 2.03. The first-order chi connectivity index (χ1) is 11.3. The second-order valence-corrected chi connectivity index (χ2v) is 5.14. The fourth-order valence-corrected chi connectivity index (χ4v) is 2.47. The predicted octanol–water partition coefficient (Wildman–Crippen LogP) is 2.83. The van der Waals surface area contributed by atoms with Crippen LogP contribution in [0.5, 0.6) is 5.75 Å². The number of pyridine rings is 1. The molecule has 2 N–H and O–H groups in total. The maximum absolute atomic E-state index is 5.67. The summed E-state index contributed by atoms with van der Waals surface area (Å²) in [5, 5.41) is 4.69. The number of hydrogen-bond acceptors (Lipinski definition) is 4. The van der Waals surface area contributed by atoms with Gasteiger partial charge in [-0.05, 0) is 55.9 Å². The molecule has 0 saturated carbocycles. The highest BCUT2D eigenvalue weighted by Gasteiger charge is 2.11. The molecule has 0 unspecified atom stereocenters. The Kier molecular flexibility index (Phi) is 4.68. The second kappa shape index (κ2) is 7.07. The number of ether oxygens (including phenoxy) is 1. The highest BCUT2D eigenvalue weighted by molar-refractivity contribution is 5.61. The predicted molar refractivity (Wildman–Crippen MR) is 90.7 cm³/mol. The molecule has 0 aliphatic rings. The van der Waals surface area contributed by atoms with Crippen molar-refractivity contribution in [2.24, 2.45) is 5.73 Å². The molecule has 2 heterocycles. The van der Waals surface area contributed by atoms with Gasteiger partial charge in [0.2, 0.25) is 0 Å². The van der Waals surface area contributed by atoms with Gasteiger partial charge in [0.25, 0.3) is 0 Å². The molecule has 3 rings (SSSR count). The van der Waals surface area contributed by atoms with E-state index in [9.17, 15) is 0 Å². The lowest BCUT2D eigenvalue weighted by molar-refractivity contribution is 0.340. The van der Waals surface area contributed by atoms with Crippen LogP contribution in [-0.2, 0) is 6.42 Å². The lowest BCUT2D eigenvalue weighted by atomic mass is 10.2. The topological polar surface area (TPSA) is 66.0 Å². The van der Waals surface area contributed by atoms with E-state index >= 15 is 0 Å². The average molecular weight is 308 g/mol. The third kappa shape index (κ3) is 3.40. The van der Waals surface area contributed by atoms with E-state index in [1.54, 1.807) is 6.20 Å². The molecule has 0 amide bonds. The summed E-state index contributed by atoms with van der Waals surface area (Å²) < 4.78 is 7.43. The van der Waals surface area contributed by atoms with E-state index in [0.717, 1.165) is 34.8 Å². The zero-order valence-electron chi connectivity index (χ0n) is 13.1. The van der Waals surface area contributed by atoms with Crippen molar-refractivity contribution in [3.63, 3.8) is 0 Å². The SMILES string of the molecule is CCOc1ccc(-n2nc(CCN)cc2-c2cccnc2)cc1. The zero-order chi connectivity index (χ0) is 16.1. The van der Waals surface area contributed by atoms with E-state index in [0.29, 0.717) is 13.2 Å². The largest absolute Gasteiger partial charge is 0.494 e. The maximum Gasteiger partial charge on any atom is 0.119 e. The first-order valence-electron chi connectivity index (χ1n) is 7.74. The molecular weight excluding hydrogens is 288 g/mol. The van der Waals surface area contributed by atoms with Gasteiger partial charge in [-0.15, -0.1) is 0 Å². The van der Waals surface area contributed by atoms with Crippen LogP contribution in [0.2, 0.25) is 0 Å². The van der Waals surface area contributed by atoms with E-state index in [2.05, 4.69) is 11.1 Å². The molecule has 1 aromatic carbocycles. The summed E-state index contributed by atoms with van der Waals surface area (Å²) in [5.74, 6) is 0.855. The summed E-state index contributed by atoms with van der Waals surface area (Å²) in [7, 11) is 0. The Morgan fingerprint density at radius 2 is 2.00 bits per heavy atom. The van der Waals surface area contributed by atoms with Gasteiger partial charge in [0.15, 0.2) is 0 Å². The Morgan fingerprint density at radius 3 is 2.65 bits per heavy atom. The summed E-state index contributed by atoms with van der Waals surface area (Å²) in [6.45, 7) is 3.20. The van der Waals surface area contributed by atoms with Crippen molar-refractivity contribution < 1.29 is 4.74 Å². The molecule has 3 aromatic rings. The van der Waals surface area contributed by atoms with Gasteiger partial charge in [0.05, 0.1) is 23.7 Å². The molecule has 0 aliphatic carbocycles. The van der Waals surface area contributed by atoms with Gasteiger partial charge in [0.1, 0.15) is 5.75 Å². The van der Waals surface area contributed by atoms with Gasteiger partial charge in [-0.1, -0.05) is 0 Å². The Morgan fingerprint density at radius 1 is 1.17 bits per heavy atom. The van der Waals surface area contributed by atoms with Crippen LogP contribution >= 0.6 is 0 Å². The van der Waals surface area contributed by atoms with Gasteiger partial charge >= 0.3 is 0 Å². The van der Waals surface area contributed by atoms with Crippen LogP contribution in [0.15, 0.2) is 54.9 Å². The molecule has 23 heavy (non-hydrogen) atoms. The van der Waals surface area contributed by atoms with Crippen molar-refractivity contribution in [2.75, 3.05) is 13.2 Å². The summed E-state index contributed by atoms with van der Waals surface area (Å²) in [4.78, 5) is 4.20. The Hall–Kier alpha value is -2.66. The van der Waals surface area contributed by atoms with Crippen LogP contribution in [0.4, 0.5) is 0 Å². The number of nitrogens with zero attached hydrogens (tertiary/aromatic N) is 3. The van der Waals surface area contributed by atoms with Gasteiger partial charge in [-0.25, -0.2) is 4.68 Å². The quantitative estimate of drug-likeness (QED) is 0.760. The monoisotopic (exact) mass is 308 g/mol. The van der Waals surface area contributed by atoms with Crippen LogP contribution in [0, 0.1) is 0 Å². The molecule has 2 aromatic heterocycles. The van der Waals surface area contributed by atoms with E-state index in [4.69, 9.17) is 15.6 Å². The van der Waals surface area contributed by atoms with E-state index < -0.39 is 0 Å². The fourth-order valence-electron chi connectivity index (χ4n) is 2.47. The number of hydrogen-bond donors (Lipinski definition) is 1. The minimum Gasteiger partial charge on any atom is -0.494 e. The smallest absolute Gasteiger partial charge is 0.119 e. The van der Waals surface area contributed by atoms with Crippen LogP contribution in [0.3, 0.4) is 0 Å². The number of nitrogens with two attached hydrogens (primary N) is 1. The molecule has 5 heteroatoms. The maximum atomic E-state index is 5.67. The minimum absolute atomic E-state index is 0.576. The lowest BCUT2D eigenvalue weighted by Gasteiger charge is -2.09. The van der Waals surface area contributed by atoms with Crippen LogP contribution in [-0.4, -0.2) is 27.9 Å². The van der Waals surface area contributed by atoms with Crippen LogP contribution in [0.25, 0.3) is 16.9 Å². The van der Waals surface area contributed by atoms with Crippen molar-refractivity contribution in [2.45, 2.75) is 13.3 Å². The number of rotatable bonds is 6. The van der Waals surface area contributed by atoms with E-state index in [1.807, 2.05) is 54.2 Å². The summed E-state index contributed by atoms with van der Waals surface area (Å²) in [5.41, 5.74) is 9.66. The van der Waals surface area contributed by atoms with Gasteiger partial charge < -0.3 is 10.5 Å². The highest BCUT2D eigenvalue weighted by atomic mass is 16.5. The molecule has 0 fully saturated rings. The highest BCUT2D eigenvalue weighted by Crippen LogP contribution is 2.24. The van der Waals surface area contributed by atoms with E-state index in [1.165, 1.54) is 0 Å². The molecule has 5 nitrogen and oxygen atoms in total. The molecular formula is C18H20N4O. The normalized spacial score (nSPS) is 10.7. The van der Waals surface area contributed by atoms with Crippen LogP contribution in [0.1, 0.15) is 12.6 Å². The molecule has 118 valence electrons. The van der Waals surface area contributed by atoms with E-state index in [-0.39, 0.29) is 0 Å². The van der Waals surface area contributed by atoms with Crippen molar-refractivity contribution in [1.82, 2.24) is 14.8 Å². The summed E-state index contributed by atoms with van der Waals surface area (Å²) >= 11 is 0. The Bertz CT molecular complexity index is 750. The summed E-state index contributed by atoms with van der Waals surface area (Å²) in [6, 6.07) is 13.9. The lowest BCUT2D eigenvalue weighted by Crippen LogP contribution is -2.04. The summed E-state index contributed by atoms with van der Waals surface area (Å²) in [6.07, 6.45) is 4.35. The van der Waals surface area contributed by atoms with Crippen LogP contribution < -0.4 is 10.5 Å². The number of benzene rings is 1. The van der Waals surface area contributed by atoms with Crippen molar-refractivity contribution in [3.05, 3.63) is 60.6 Å². The molecule has 0 bridgehead atoms. The van der Waals surface area contributed by atoms with Gasteiger partial charge in [-0.2, -0.15) is 5.10 Å². The minimum atomic E-state index is 0.576. The third-order valence-electron chi connectivity index (χ3n) is 3.51. The first-order valence-corrected chi connectivity index (χ1v) is 7.74. The molecule has 0 spiro atoms. The average Bonchev–Trinajstić information content (AvgIpc) is 3.01. The van der Waals surface area contributed by atoms with Gasteiger partial charge in [-0.3, -0.25) is 4.98 Å². The first kappa shape index (κ1) is 15.2. The molecule has 0 aliphatic heterocycles. The fraction of sp³-hybridized carbons (Fsp3) is 0.222. The Labute approximate surface area is 135 Å².